The Morgan fingerprint density at radius 2 is 0.938 bits per heavy atom. The van der Waals surface area contributed by atoms with Crippen LogP contribution in [-0.2, 0) is 5.41 Å². The van der Waals surface area contributed by atoms with Crippen molar-refractivity contribution in [2.45, 2.75) is 26.2 Å². The Balaban J connectivity index is 1.11. The smallest absolute Gasteiger partial charge is 0.269 e. The van der Waals surface area contributed by atoms with Crippen molar-refractivity contribution in [3.05, 3.63) is 297 Å². The maximum atomic E-state index is 10.4. The van der Waals surface area contributed by atoms with Gasteiger partial charge in [-0.15, -0.1) is 0 Å². The molecule has 0 N–H and O–H groups in total. The predicted octanol–water partition coefficient (Wildman–Crippen LogP) is 19.3. The van der Waals surface area contributed by atoms with E-state index in [1.54, 1.807) is 59.3 Å². The summed E-state index contributed by atoms with van der Waals surface area (Å²) in [7, 11) is 0. The van der Waals surface area contributed by atoms with Gasteiger partial charge in [0, 0.05) is 23.0 Å². The van der Waals surface area contributed by atoms with Crippen LogP contribution < -0.4 is 9.30 Å². The molecule has 0 aliphatic carbocycles. The topological polar surface area (TPSA) is 35.9 Å². The molecule has 386 valence electrons. The van der Waals surface area contributed by atoms with Gasteiger partial charge in [0.2, 0.25) is 0 Å². The zero-order chi connectivity index (χ0) is 77.1. The fourth-order valence-corrected chi connectivity index (χ4v) is 9.90. The Bertz CT molecular complexity index is 5730. The minimum atomic E-state index is -0.985. The zero-order valence-corrected chi connectivity index (χ0v) is 43.3. The van der Waals surface area contributed by atoms with Crippen LogP contribution in [0.1, 0.15) is 62.0 Å². The Kier molecular flexibility index (Phi) is 7.20. The monoisotopic (exact) mass is 1070 g/mol. The number of para-hydroxylation sites is 4. The van der Waals surface area contributed by atoms with Gasteiger partial charge in [-0.2, -0.15) is 0 Å². The lowest BCUT2D eigenvalue weighted by molar-refractivity contribution is -0.571. The third-order valence-electron chi connectivity index (χ3n) is 13.7. The average Bonchev–Trinajstić information content (AvgIpc) is 1.58. The molecular formula is C76H56N4O. The van der Waals surface area contributed by atoms with E-state index in [1.807, 2.05) is 48.5 Å². The Morgan fingerprint density at radius 1 is 0.444 bits per heavy atom. The zero-order valence-electron chi connectivity index (χ0n) is 69.3. The Morgan fingerprint density at radius 3 is 1.51 bits per heavy atom. The highest BCUT2D eigenvalue weighted by molar-refractivity contribution is 6.09. The molecule has 0 atom stereocenters. The van der Waals surface area contributed by atoms with Gasteiger partial charge in [-0.1, -0.05) is 208 Å². The first kappa shape index (κ1) is 28.5. The number of ether oxygens (including phenoxy) is 1. The third kappa shape index (κ3) is 9.35. The maximum Gasteiger partial charge on any atom is 0.269 e. The summed E-state index contributed by atoms with van der Waals surface area (Å²) in [5, 5.41) is 1.89. The standard InChI is InChI=1S/C76H56N4O/c1-76(2,3)62-40-41-77-74(48-62)80-70-35-17-16-32-68(70)69-39-38-65(50-73(69)80)81-64-31-20-30-63(49-64)78-51-79(72-37-19-18-36-71(72)78)75-66(60-44-56(52-22-8-4-9-23-52)42-57(45-60)53-24-10-5-11-25-53)33-21-34-67(75)61-46-58(54-26-12-6-13-27-54)43-59(47-61)55-28-14-7-15-29-55/h4-50H,1-3H3/i4D,5D,6D,7D,8D,9D,10D,11D,12D,13D,14D,15D,22D,23D,24D,25D,26D,27D,28D,29D,42D,43D,44D,45D,46D,47D. The highest BCUT2D eigenvalue weighted by Gasteiger charge is 2.23. The molecule has 14 aromatic rings. The number of hydrogen-bond acceptors (Lipinski definition) is 2. The summed E-state index contributed by atoms with van der Waals surface area (Å²) in [5.74, 6) is 1.41. The number of hydrogen-bond donors (Lipinski definition) is 0. The molecule has 0 aliphatic heterocycles. The van der Waals surface area contributed by atoms with Crippen LogP contribution in [0.15, 0.2) is 285 Å². The lowest BCUT2D eigenvalue weighted by Crippen LogP contribution is -2.31. The fraction of sp³-hybridized carbons (Fsp3) is 0.0526. The normalized spacial score (nSPS) is 16.1. The highest BCUT2D eigenvalue weighted by atomic mass is 16.5. The second kappa shape index (κ2) is 20.5. The van der Waals surface area contributed by atoms with Crippen LogP contribution in [0.4, 0.5) is 0 Å². The van der Waals surface area contributed by atoms with Crippen LogP contribution >= 0.6 is 0 Å². The van der Waals surface area contributed by atoms with Gasteiger partial charge in [0.15, 0.2) is 0 Å². The van der Waals surface area contributed by atoms with E-state index in [-0.39, 0.29) is 27.7 Å². The number of fused-ring (bicyclic) bond motifs is 4. The van der Waals surface area contributed by atoms with E-state index in [2.05, 4.69) is 37.7 Å². The van der Waals surface area contributed by atoms with Crippen molar-refractivity contribution in [1.82, 2.24) is 14.1 Å². The Labute approximate surface area is 509 Å². The molecular weight excluding hydrogens is 985 g/mol. The molecule has 3 aromatic heterocycles. The lowest BCUT2D eigenvalue weighted by atomic mass is 9.88. The summed E-state index contributed by atoms with van der Waals surface area (Å²) >= 11 is 0. The maximum absolute atomic E-state index is 10.4. The molecule has 0 bridgehead atoms. The molecule has 5 nitrogen and oxygen atoms in total. The van der Waals surface area contributed by atoms with Crippen molar-refractivity contribution in [3.63, 3.8) is 0 Å². The van der Waals surface area contributed by atoms with Crippen molar-refractivity contribution >= 4 is 32.8 Å². The van der Waals surface area contributed by atoms with Gasteiger partial charge < -0.3 is 4.74 Å². The molecule has 0 radical (unpaired) electrons. The largest absolute Gasteiger partial charge is 0.458 e. The van der Waals surface area contributed by atoms with Crippen LogP contribution in [0.5, 0.6) is 11.5 Å². The van der Waals surface area contributed by atoms with Gasteiger partial charge in [0.25, 0.3) is 6.33 Å². The second-order valence-corrected chi connectivity index (χ2v) is 19.7. The summed E-state index contributed by atoms with van der Waals surface area (Å²) in [6, 6.07) is 10.9. The van der Waals surface area contributed by atoms with Crippen molar-refractivity contribution < 1.29 is 44.9 Å². The van der Waals surface area contributed by atoms with E-state index in [0.717, 1.165) is 27.4 Å². The molecule has 81 heavy (non-hydrogen) atoms. The van der Waals surface area contributed by atoms with Crippen molar-refractivity contribution in [1.29, 1.82) is 0 Å². The van der Waals surface area contributed by atoms with Gasteiger partial charge in [0.1, 0.15) is 17.3 Å². The van der Waals surface area contributed by atoms with E-state index in [1.165, 1.54) is 22.8 Å². The van der Waals surface area contributed by atoms with Gasteiger partial charge in [-0.25, -0.2) is 4.98 Å². The van der Waals surface area contributed by atoms with Crippen LogP contribution in [0.2, 0.25) is 0 Å². The number of rotatable bonds is 11. The first-order valence-corrected chi connectivity index (χ1v) is 25.6. The fourth-order valence-electron chi connectivity index (χ4n) is 9.90. The summed E-state index contributed by atoms with van der Waals surface area (Å²) in [4.78, 5) is 4.83. The van der Waals surface area contributed by atoms with Gasteiger partial charge >= 0.3 is 0 Å². The summed E-state index contributed by atoms with van der Waals surface area (Å²) in [6.07, 6.45) is 5.16. The van der Waals surface area contributed by atoms with E-state index < -0.39 is 213 Å². The summed E-state index contributed by atoms with van der Waals surface area (Å²) in [5.41, 5.74) is -5.16. The molecule has 14 rings (SSSR count). The van der Waals surface area contributed by atoms with Crippen LogP contribution in [0.3, 0.4) is 0 Å². The molecule has 11 aromatic carbocycles. The van der Waals surface area contributed by atoms with Crippen LogP contribution in [0.25, 0.3) is 117 Å². The minimum Gasteiger partial charge on any atom is -0.458 e. The third-order valence-corrected chi connectivity index (χ3v) is 13.7. The molecule has 0 aliphatic rings. The van der Waals surface area contributed by atoms with Gasteiger partial charge in [-0.05, 0) is 163 Å². The van der Waals surface area contributed by atoms with Crippen LogP contribution in [0, 0.1) is 6.33 Å². The van der Waals surface area contributed by atoms with Crippen molar-refractivity contribution in [2.75, 3.05) is 0 Å². The SMILES string of the molecule is [2H]c1c([2H])c([2H])c(-c2c([2H])c(-c3cccc(-c4c([2H])c(-c5c([2H])c([2H])c([2H])c([2H])c5[2H])c([2H])c(-c5c([2H])c([2H])c([2H])c([2H])c5[2H])c4[2H])c3-[n+]3[c-]n(-c4cccc(Oc5ccc6c7ccccc7n(-c7cc(C(C)(C)C)ccn7)c6c5)c4)c4ccccc43)c([2H])c(-c3c([2H])c([2H])c([2H])c([2H])c3[2H])c2[2H])c([2H])c1[2H]. The molecule has 0 saturated heterocycles. The Hall–Kier alpha value is -10.4. The number of pyridine rings is 1. The number of nitrogens with zero attached hydrogens (tertiary/aromatic N) is 4. The summed E-state index contributed by atoms with van der Waals surface area (Å²) in [6.45, 7) is 6.36. The molecule has 0 spiro atoms. The molecule has 0 saturated carbocycles. The highest BCUT2D eigenvalue weighted by Crippen LogP contribution is 2.42. The molecule has 0 amide bonds. The van der Waals surface area contributed by atoms with Gasteiger partial charge in [0.05, 0.1) is 69.1 Å². The minimum absolute atomic E-state index is 0.189. The molecule has 3 heterocycles. The van der Waals surface area contributed by atoms with Crippen LogP contribution in [-0.4, -0.2) is 14.1 Å². The molecule has 0 fully saturated rings. The number of benzene rings is 11. The lowest BCUT2D eigenvalue weighted by Gasteiger charge is -2.20. The first-order chi connectivity index (χ1) is 50.6. The predicted molar refractivity (Wildman–Crippen MR) is 334 cm³/mol. The van der Waals surface area contributed by atoms with E-state index in [9.17, 15) is 19.2 Å². The quantitative estimate of drug-likeness (QED) is 0.0956. The second-order valence-electron chi connectivity index (χ2n) is 19.7. The molecule has 5 heteroatoms. The van der Waals surface area contributed by atoms with E-state index in [4.69, 9.17) is 26.2 Å². The van der Waals surface area contributed by atoms with E-state index in [0.29, 0.717) is 28.5 Å². The number of aromatic nitrogens is 4. The number of imidazole rings is 1. The van der Waals surface area contributed by atoms with Crippen molar-refractivity contribution in [2.24, 2.45) is 0 Å². The van der Waals surface area contributed by atoms with E-state index >= 15 is 0 Å². The average molecular weight is 1070 g/mol. The van der Waals surface area contributed by atoms with Gasteiger partial charge in [-0.3, -0.25) is 13.7 Å². The molecule has 0 unspecified atom stereocenters. The van der Waals surface area contributed by atoms with Crippen molar-refractivity contribution in [3.8, 4) is 95.5 Å². The first-order valence-electron chi connectivity index (χ1n) is 38.6. The summed E-state index contributed by atoms with van der Waals surface area (Å²) < 4.78 is 252.